The zero-order chi connectivity index (χ0) is 12.4. The fraction of sp³-hybridized carbons (Fsp3) is 0.333. The highest BCUT2D eigenvalue weighted by Crippen LogP contribution is 2.13. The fourth-order valence-corrected chi connectivity index (χ4v) is 1.51. The van der Waals surface area contributed by atoms with Crippen LogP contribution in [0.25, 0.3) is 11.0 Å². The van der Waals surface area contributed by atoms with Crippen LogP contribution in [0.1, 0.15) is 13.8 Å². The highest BCUT2D eigenvalue weighted by atomic mass is 35.5. The number of anilines is 1. The van der Waals surface area contributed by atoms with Crippen molar-refractivity contribution in [3.05, 3.63) is 24.3 Å². The molecule has 0 spiro atoms. The molecule has 6 heteroatoms. The minimum Gasteiger partial charge on any atom is -0.324 e. The second kappa shape index (κ2) is 5.84. The van der Waals surface area contributed by atoms with E-state index in [-0.39, 0.29) is 24.2 Å². The molecule has 0 saturated heterocycles. The van der Waals surface area contributed by atoms with Gasteiger partial charge in [0, 0.05) is 0 Å². The van der Waals surface area contributed by atoms with Crippen molar-refractivity contribution in [2.45, 2.75) is 19.9 Å². The van der Waals surface area contributed by atoms with Gasteiger partial charge < -0.3 is 10.7 Å². The summed E-state index contributed by atoms with van der Waals surface area (Å²) in [5.41, 5.74) is 7.46. The average molecular weight is 269 g/mol. The Kier molecular flexibility index (Phi) is 4.69. The second-order valence-electron chi connectivity index (χ2n) is 4.36. The third-order valence-corrected chi connectivity index (χ3v) is 2.65. The number of hydrogen-bond acceptors (Lipinski definition) is 3. The normalized spacial score (nSPS) is 12.2. The summed E-state index contributed by atoms with van der Waals surface area (Å²) >= 11 is 0. The van der Waals surface area contributed by atoms with Crippen molar-refractivity contribution < 1.29 is 4.79 Å². The van der Waals surface area contributed by atoms with E-state index in [4.69, 9.17) is 5.73 Å². The molecule has 0 bridgehead atoms. The molecule has 0 saturated carbocycles. The smallest absolute Gasteiger partial charge is 0.243 e. The van der Waals surface area contributed by atoms with E-state index in [2.05, 4.69) is 15.3 Å². The van der Waals surface area contributed by atoms with Gasteiger partial charge in [0.15, 0.2) is 0 Å². The average Bonchev–Trinajstić information content (AvgIpc) is 2.69. The number of hydrogen-bond donors (Lipinski definition) is 3. The molecule has 0 aliphatic carbocycles. The molecule has 18 heavy (non-hydrogen) atoms. The minimum atomic E-state index is -0.525. The topological polar surface area (TPSA) is 83.8 Å². The molecule has 2 rings (SSSR count). The lowest BCUT2D eigenvalue weighted by molar-refractivity contribution is -0.118. The fourth-order valence-electron chi connectivity index (χ4n) is 1.51. The maximum Gasteiger partial charge on any atom is 0.243 e. The minimum absolute atomic E-state index is 0. The quantitative estimate of drug-likeness (QED) is 0.795. The summed E-state index contributed by atoms with van der Waals surface area (Å²) in [5, 5.41) is 2.68. The van der Waals surface area contributed by atoms with E-state index >= 15 is 0 Å². The van der Waals surface area contributed by atoms with Gasteiger partial charge in [0.05, 0.1) is 17.1 Å². The van der Waals surface area contributed by atoms with Gasteiger partial charge in [0.2, 0.25) is 11.9 Å². The predicted molar refractivity (Wildman–Crippen MR) is 74.8 cm³/mol. The van der Waals surface area contributed by atoms with Crippen molar-refractivity contribution in [2.75, 3.05) is 5.32 Å². The Morgan fingerprint density at radius 2 is 2.06 bits per heavy atom. The summed E-state index contributed by atoms with van der Waals surface area (Å²) in [6.45, 7) is 3.81. The van der Waals surface area contributed by atoms with Crippen LogP contribution < -0.4 is 11.1 Å². The molecule has 0 aliphatic rings. The number of fused-ring (bicyclic) bond motifs is 1. The molecule has 1 aromatic carbocycles. The SMILES string of the molecule is CC(C)[C@H](N)C(=O)Nc1nc2ccccc2[nH]1.Cl. The summed E-state index contributed by atoms with van der Waals surface area (Å²) in [5.74, 6) is 0.311. The number of nitrogens with two attached hydrogens (primary N) is 1. The maximum atomic E-state index is 11.7. The van der Waals surface area contributed by atoms with Gasteiger partial charge in [-0.25, -0.2) is 4.98 Å². The van der Waals surface area contributed by atoms with Gasteiger partial charge >= 0.3 is 0 Å². The lowest BCUT2D eigenvalue weighted by Gasteiger charge is -2.13. The van der Waals surface area contributed by atoms with Crippen molar-refractivity contribution >= 4 is 35.3 Å². The van der Waals surface area contributed by atoms with Crippen LogP contribution in [-0.2, 0) is 4.79 Å². The first-order valence-corrected chi connectivity index (χ1v) is 5.59. The number of nitrogens with one attached hydrogen (secondary N) is 2. The van der Waals surface area contributed by atoms with Gasteiger partial charge in [0.1, 0.15) is 0 Å². The summed E-state index contributed by atoms with van der Waals surface area (Å²) in [7, 11) is 0. The monoisotopic (exact) mass is 268 g/mol. The Hall–Kier alpha value is -1.59. The number of para-hydroxylation sites is 2. The number of carbonyl (C=O) groups is 1. The van der Waals surface area contributed by atoms with E-state index in [1.807, 2.05) is 38.1 Å². The molecule has 2 aromatic rings. The van der Waals surface area contributed by atoms with Crippen molar-refractivity contribution in [1.82, 2.24) is 9.97 Å². The highest BCUT2D eigenvalue weighted by Gasteiger charge is 2.18. The summed E-state index contributed by atoms with van der Waals surface area (Å²) in [6, 6.07) is 7.06. The van der Waals surface area contributed by atoms with Gasteiger partial charge in [-0.2, -0.15) is 0 Å². The van der Waals surface area contributed by atoms with Crippen molar-refractivity contribution in [3.8, 4) is 0 Å². The summed E-state index contributed by atoms with van der Waals surface area (Å²) < 4.78 is 0. The number of H-pyrrole nitrogens is 1. The van der Waals surface area contributed by atoms with E-state index < -0.39 is 6.04 Å². The Balaban J connectivity index is 0.00000162. The van der Waals surface area contributed by atoms with Crippen LogP contribution in [-0.4, -0.2) is 21.9 Å². The molecule has 1 heterocycles. The Bertz CT molecular complexity index is 505. The zero-order valence-corrected chi connectivity index (χ0v) is 11.1. The number of nitrogens with zero attached hydrogens (tertiary/aromatic N) is 1. The molecular formula is C12H17ClN4O. The van der Waals surface area contributed by atoms with Crippen molar-refractivity contribution in [3.63, 3.8) is 0 Å². The van der Waals surface area contributed by atoms with Crippen LogP contribution in [0.5, 0.6) is 0 Å². The molecule has 1 aromatic heterocycles. The Morgan fingerprint density at radius 1 is 1.39 bits per heavy atom. The molecule has 0 fully saturated rings. The van der Waals surface area contributed by atoms with Crippen LogP contribution in [0.15, 0.2) is 24.3 Å². The van der Waals surface area contributed by atoms with Gasteiger partial charge in [-0.1, -0.05) is 26.0 Å². The maximum absolute atomic E-state index is 11.7. The van der Waals surface area contributed by atoms with E-state index in [1.54, 1.807) is 0 Å². The molecular weight excluding hydrogens is 252 g/mol. The molecule has 5 nitrogen and oxygen atoms in total. The molecule has 98 valence electrons. The van der Waals surface area contributed by atoms with Crippen LogP contribution >= 0.6 is 12.4 Å². The first-order chi connectivity index (χ1) is 8.08. The molecule has 0 radical (unpaired) electrons. The molecule has 0 aliphatic heterocycles. The van der Waals surface area contributed by atoms with Crippen LogP contribution in [0.3, 0.4) is 0 Å². The van der Waals surface area contributed by atoms with Gasteiger partial charge in [0.25, 0.3) is 0 Å². The molecule has 1 atom stereocenters. The van der Waals surface area contributed by atoms with Gasteiger partial charge in [-0.3, -0.25) is 10.1 Å². The lowest BCUT2D eigenvalue weighted by atomic mass is 10.1. The van der Waals surface area contributed by atoms with Crippen molar-refractivity contribution in [1.29, 1.82) is 0 Å². The standard InChI is InChI=1S/C12H16N4O.ClH/c1-7(2)10(13)11(17)16-12-14-8-5-3-4-6-9(8)15-12;/h3-7,10H,13H2,1-2H3,(H2,14,15,16,17);1H/t10-;/m0./s1. The first-order valence-electron chi connectivity index (χ1n) is 5.59. The largest absolute Gasteiger partial charge is 0.324 e. The number of imidazole rings is 1. The second-order valence-corrected chi connectivity index (χ2v) is 4.36. The van der Waals surface area contributed by atoms with Crippen LogP contribution in [0.4, 0.5) is 5.95 Å². The van der Waals surface area contributed by atoms with E-state index in [0.29, 0.717) is 5.95 Å². The van der Waals surface area contributed by atoms with E-state index in [9.17, 15) is 4.79 Å². The van der Waals surface area contributed by atoms with Crippen LogP contribution in [0, 0.1) is 5.92 Å². The molecule has 1 amide bonds. The number of aromatic amines is 1. The summed E-state index contributed by atoms with van der Waals surface area (Å²) in [6.07, 6.45) is 0. The van der Waals surface area contributed by atoms with E-state index in [0.717, 1.165) is 11.0 Å². The highest BCUT2D eigenvalue weighted by molar-refractivity contribution is 5.94. The number of aromatic nitrogens is 2. The van der Waals surface area contributed by atoms with Gasteiger partial charge in [-0.05, 0) is 18.1 Å². The predicted octanol–water partition coefficient (Wildman–Crippen LogP) is 1.91. The van der Waals surface area contributed by atoms with Gasteiger partial charge in [-0.15, -0.1) is 12.4 Å². The zero-order valence-electron chi connectivity index (χ0n) is 10.3. The molecule has 0 unspecified atom stereocenters. The van der Waals surface area contributed by atoms with Crippen LogP contribution in [0.2, 0.25) is 0 Å². The number of rotatable bonds is 3. The number of halogens is 1. The van der Waals surface area contributed by atoms with Crippen molar-refractivity contribution in [2.24, 2.45) is 11.7 Å². The Labute approximate surface area is 112 Å². The third-order valence-electron chi connectivity index (χ3n) is 2.65. The number of amides is 1. The number of benzene rings is 1. The molecule has 4 N–H and O–H groups in total. The first kappa shape index (κ1) is 14.5. The van der Waals surface area contributed by atoms with E-state index in [1.165, 1.54) is 0 Å². The summed E-state index contributed by atoms with van der Waals surface area (Å²) in [4.78, 5) is 19.0. The Morgan fingerprint density at radius 3 is 2.67 bits per heavy atom. The number of carbonyl (C=O) groups excluding carboxylic acids is 1. The lowest BCUT2D eigenvalue weighted by Crippen LogP contribution is -2.39. The third kappa shape index (κ3) is 3.00.